The first-order valence-electron chi connectivity index (χ1n) is 8.11. The van der Waals surface area contributed by atoms with Gasteiger partial charge in [0.05, 0.1) is 6.04 Å². The lowest BCUT2D eigenvalue weighted by molar-refractivity contribution is 0.436. The number of unbranched alkanes of at least 4 members (excludes halogenated alkanes) is 1. The van der Waals surface area contributed by atoms with Gasteiger partial charge in [-0.2, -0.15) is 0 Å². The van der Waals surface area contributed by atoms with Gasteiger partial charge in [0.25, 0.3) is 0 Å². The number of nitrogens with two attached hydrogens (primary N) is 1. The maximum atomic E-state index is 5.62. The van der Waals surface area contributed by atoms with Crippen LogP contribution in [0, 0.1) is 0 Å². The van der Waals surface area contributed by atoms with E-state index in [1.807, 2.05) is 0 Å². The highest BCUT2D eigenvalue weighted by atomic mass is 15.3. The van der Waals surface area contributed by atoms with Crippen molar-refractivity contribution in [1.82, 2.24) is 10.7 Å². The van der Waals surface area contributed by atoms with Gasteiger partial charge in [-0.15, -0.1) is 0 Å². The summed E-state index contributed by atoms with van der Waals surface area (Å²) in [6.07, 6.45) is 12.5. The van der Waals surface area contributed by atoms with Crippen molar-refractivity contribution in [3.05, 3.63) is 0 Å². The molecule has 1 rings (SSSR count). The number of nitrogens with one attached hydrogen (secondary N) is 2. The molecular formula is C15H32N4. The summed E-state index contributed by atoms with van der Waals surface area (Å²) in [5, 5.41) is 3.50. The summed E-state index contributed by atoms with van der Waals surface area (Å²) in [5.74, 6) is 6.41. The van der Waals surface area contributed by atoms with E-state index in [9.17, 15) is 0 Å². The van der Waals surface area contributed by atoms with Crippen LogP contribution in [0.3, 0.4) is 0 Å². The molecule has 0 amide bonds. The number of hydrazine groups is 1. The van der Waals surface area contributed by atoms with E-state index in [4.69, 9.17) is 10.8 Å². The Balaban J connectivity index is 2.48. The molecule has 0 saturated heterocycles. The lowest BCUT2D eigenvalue weighted by atomic mass is 9.96. The topological polar surface area (TPSA) is 62.4 Å². The van der Waals surface area contributed by atoms with Crippen LogP contribution in [0.2, 0.25) is 0 Å². The summed E-state index contributed by atoms with van der Waals surface area (Å²) in [6.45, 7) is 4.47. The van der Waals surface area contributed by atoms with Crippen molar-refractivity contribution in [2.24, 2.45) is 10.8 Å². The molecule has 1 saturated carbocycles. The van der Waals surface area contributed by atoms with Gasteiger partial charge < -0.3 is 5.32 Å². The molecule has 4 heteroatoms. The van der Waals surface area contributed by atoms with Gasteiger partial charge >= 0.3 is 0 Å². The van der Waals surface area contributed by atoms with Crippen LogP contribution in [-0.2, 0) is 0 Å². The highest BCUT2D eigenvalue weighted by Crippen LogP contribution is 2.20. The molecule has 19 heavy (non-hydrogen) atoms. The predicted molar refractivity (Wildman–Crippen MR) is 83.0 cm³/mol. The molecule has 0 bridgehead atoms. The Labute approximate surface area is 118 Å². The van der Waals surface area contributed by atoms with E-state index in [1.165, 1.54) is 64.2 Å². The standard InChI is InChI=1S/C15H32N4/c1-3-5-10-13(9-4-2)17-15(19-16)18-14-11-7-6-8-12-14/h13-14H,3-12,16H2,1-2H3,(H2,17,18,19). The van der Waals surface area contributed by atoms with Crippen LogP contribution in [0.25, 0.3) is 0 Å². The van der Waals surface area contributed by atoms with Crippen LogP contribution in [0.1, 0.15) is 78.1 Å². The second-order valence-corrected chi connectivity index (χ2v) is 5.69. The minimum Gasteiger partial charge on any atom is -0.353 e. The fourth-order valence-electron chi connectivity index (χ4n) is 2.79. The molecular weight excluding hydrogens is 236 g/mol. The quantitative estimate of drug-likeness (QED) is 0.288. The Bertz CT molecular complexity index is 247. The molecule has 0 aromatic rings. The number of rotatable bonds is 7. The van der Waals surface area contributed by atoms with E-state index < -0.39 is 0 Å². The first-order valence-corrected chi connectivity index (χ1v) is 8.11. The second-order valence-electron chi connectivity index (χ2n) is 5.69. The molecule has 0 heterocycles. The molecule has 0 aliphatic heterocycles. The Morgan fingerprint density at radius 1 is 1.16 bits per heavy atom. The summed E-state index contributed by atoms with van der Waals surface area (Å²) in [5.41, 5.74) is 2.75. The fourth-order valence-corrected chi connectivity index (χ4v) is 2.79. The van der Waals surface area contributed by atoms with E-state index in [2.05, 4.69) is 24.6 Å². The number of nitrogens with zero attached hydrogens (tertiary/aromatic N) is 1. The summed E-state index contributed by atoms with van der Waals surface area (Å²) in [6, 6.07) is 0.962. The van der Waals surface area contributed by atoms with Crippen LogP contribution in [0.15, 0.2) is 4.99 Å². The molecule has 1 unspecified atom stereocenters. The Morgan fingerprint density at radius 2 is 1.89 bits per heavy atom. The maximum Gasteiger partial charge on any atom is 0.206 e. The van der Waals surface area contributed by atoms with Gasteiger partial charge in [-0.1, -0.05) is 52.4 Å². The lowest BCUT2D eigenvalue weighted by Gasteiger charge is -2.23. The third kappa shape index (κ3) is 6.81. The molecule has 0 aromatic heterocycles. The third-order valence-corrected chi connectivity index (χ3v) is 3.91. The number of guanidine groups is 1. The molecule has 0 spiro atoms. The van der Waals surface area contributed by atoms with Gasteiger partial charge in [-0.3, -0.25) is 5.43 Å². The van der Waals surface area contributed by atoms with E-state index in [-0.39, 0.29) is 0 Å². The first-order chi connectivity index (χ1) is 9.30. The minimum absolute atomic E-state index is 0.459. The van der Waals surface area contributed by atoms with Crippen LogP contribution in [0.4, 0.5) is 0 Å². The maximum absolute atomic E-state index is 5.62. The molecule has 4 nitrogen and oxygen atoms in total. The van der Waals surface area contributed by atoms with Crippen molar-refractivity contribution in [2.45, 2.75) is 90.1 Å². The van der Waals surface area contributed by atoms with Gasteiger partial charge in [-0.05, 0) is 25.7 Å². The molecule has 1 atom stereocenters. The summed E-state index contributed by atoms with van der Waals surface area (Å²) < 4.78 is 0. The summed E-state index contributed by atoms with van der Waals surface area (Å²) in [4.78, 5) is 4.75. The highest BCUT2D eigenvalue weighted by molar-refractivity contribution is 5.79. The Morgan fingerprint density at radius 3 is 2.47 bits per heavy atom. The van der Waals surface area contributed by atoms with Gasteiger partial charge in [0.15, 0.2) is 0 Å². The van der Waals surface area contributed by atoms with Gasteiger partial charge in [0.1, 0.15) is 0 Å². The molecule has 1 aliphatic carbocycles. The molecule has 1 aliphatic rings. The monoisotopic (exact) mass is 268 g/mol. The van der Waals surface area contributed by atoms with E-state index in [1.54, 1.807) is 0 Å². The van der Waals surface area contributed by atoms with Crippen molar-refractivity contribution in [3.8, 4) is 0 Å². The first kappa shape index (κ1) is 16.3. The van der Waals surface area contributed by atoms with Crippen molar-refractivity contribution in [3.63, 3.8) is 0 Å². The van der Waals surface area contributed by atoms with Crippen LogP contribution in [0.5, 0.6) is 0 Å². The average molecular weight is 268 g/mol. The summed E-state index contributed by atoms with van der Waals surface area (Å²) in [7, 11) is 0. The van der Waals surface area contributed by atoms with Crippen LogP contribution >= 0.6 is 0 Å². The molecule has 4 N–H and O–H groups in total. The van der Waals surface area contributed by atoms with Gasteiger partial charge in [-0.25, -0.2) is 10.8 Å². The second kappa shape index (κ2) is 10.1. The zero-order valence-corrected chi connectivity index (χ0v) is 12.8. The number of aliphatic imine (C=N–C) groups is 1. The SMILES string of the molecule is CCCCC(CCC)NC(=NC1CCCCC1)NN. The zero-order chi connectivity index (χ0) is 13.9. The number of hydrogen-bond donors (Lipinski definition) is 3. The lowest BCUT2D eigenvalue weighted by Crippen LogP contribution is -2.47. The smallest absolute Gasteiger partial charge is 0.206 e. The van der Waals surface area contributed by atoms with E-state index in [0.29, 0.717) is 12.1 Å². The van der Waals surface area contributed by atoms with Crippen molar-refractivity contribution >= 4 is 5.96 Å². The van der Waals surface area contributed by atoms with E-state index in [0.717, 1.165) is 5.96 Å². The van der Waals surface area contributed by atoms with Crippen LogP contribution < -0.4 is 16.6 Å². The van der Waals surface area contributed by atoms with Crippen molar-refractivity contribution < 1.29 is 0 Å². The van der Waals surface area contributed by atoms with Crippen molar-refractivity contribution in [2.75, 3.05) is 0 Å². The van der Waals surface area contributed by atoms with Crippen molar-refractivity contribution in [1.29, 1.82) is 0 Å². The van der Waals surface area contributed by atoms with Gasteiger partial charge in [0.2, 0.25) is 5.96 Å². The Kier molecular flexibility index (Phi) is 8.63. The predicted octanol–water partition coefficient (Wildman–Crippen LogP) is 3.09. The normalized spacial score (nSPS) is 19.2. The fraction of sp³-hybridized carbons (Fsp3) is 0.933. The average Bonchev–Trinajstić information content (AvgIpc) is 2.45. The Hall–Kier alpha value is -0.770. The molecule has 0 radical (unpaired) electrons. The number of hydrogen-bond acceptors (Lipinski definition) is 2. The molecule has 1 fully saturated rings. The third-order valence-electron chi connectivity index (χ3n) is 3.91. The minimum atomic E-state index is 0.459. The van der Waals surface area contributed by atoms with Crippen LogP contribution in [-0.4, -0.2) is 18.0 Å². The molecule has 0 aromatic carbocycles. The molecule has 112 valence electrons. The zero-order valence-electron chi connectivity index (χ0n) is 12.8. The largest absolute Gasteiger partial charge is 0.353 e. The highest BCUT2D eigenvalue weighted by Gasteiger charge is 2.14. The van der Waals surface area contributed by atoms with E-state index >= 15 is 0 Å². The summed E-state index contributed by atoms with van der Waals surface area (Å²) >= 11 is 0. The van der Waals surface area contributed by atoms with Gasteiger partial charge in [0, 0.05) is 6.04 Å².